The SMILES string of the molecule is CN(Cc1ccc(C(=O)Nc2cnn(C)c2)cc1)C[C@@H]1CCCO1. The van der Waals surface area contributed by atoms with E-state index < -0.39 is 0 Å². The van der Waals surface area contributed by atoms with Crippen LogP contribution in [0.4, 0.5) is 5.69 Å². The van der Waals surface area contributed by atoms with Gasteiger partial charge in [0.25, 0.3) is 5.91 Å². The molecule has 1 aliphatic rings. The molecule has 1 aliphatic heterocycles. The monoisotopic (exact) mass is 328 g/mol. The van der Waals surface area contributed by atoms with E-state index in [1.807, 2.05) is 31.3 Å². The van der Waals surface area contributed by atoms with Gasteiger partial charge in [0.1, 0.15) is 0 Å². The number of aryl methyl sites for hydroxylation is 1. The Hall–Kier alpha value is -2.18. The van der Waals surface area contributed by atoms with Gasteiger partial charge in [-0.25, -0.2) is 0 Å². The third-order valence-electron chi connectivity index (χ3n) is 4.17. The summed E-state index contributed by atoms with van der Waals surface area (Å²) in [6.45, 7) is 2.69. The van der Waals surface area contributed by atoms with E-state index in [0.717, 1.165) is 26.1 Å². The van der Waals surface area contributed by atoms with Gasteiger partial charge in [-0.15, -0.1) is 0 Å². The number of amides is 1. The molecular weight excluding hydrogens is 304 g/mol. The van der Waals surface area contributed by atoms with Gasteiger partial charge in [-0.05, 0) is 37.6 Å². The summed E-state index contributed by atoms with van der Waals surface area (Å²) in [6, 6.07) is 7.73. The van der Waals surface area contributed by atoms with Crippen molar-refractivity contribution in [2.75, 3.05) is 25.5 Å². The van der Waals surface area contributed by atoms with E-state index in [0.29, 0.717) is 17.4 Å². The molecule has 0 saturated carbocycles. The summed E-state index contributed by atoms with van der Waals surface area (Å²) in [7, 11) is 3.92. The Labute approximate surface area is 142 Å². The molecule has 2 heterocycles. The molecule has 0 spiro atoms. The Bertz CT molecular complexity index is 675. The number of nitrogens with zero attached hydrogens (tertiary/aromatic N) is 3. The number of rotatable bonds is 6. The van der Waals surface area contributed by atoms with Crippen molar-refractivity contribution >= 4 is 11.6 Å². The Morgan fingerprint density at radius 1 is 1.42 bits per heavy atom. The highest BCUT2D eigenvalue weighted by atomic mass is 16.5. The fourth-order valence-electron chi connectivity index (χ4n) is 2.96. The second-order valence-corrected chi connectivity index (χ2v) is 6.39. The lowest BCUT2D eigenvalue weighted by Gasteiger charge is -2.20. The van der Waals surface area contributed by atoms with Crippen LogP contribution in [-0.4, -0.2) is 46.9 Å². The molecule has 128 valence electrons. The van der Waals surface area contributed by atoms with Gasteiger partial charge in [0.2, 0.25) is 0 Å². The van der Waals surface area contributed by atoms with Gasteiger partial charge in [0.05, 0.1) is 18.0 Å². The Kier molecular flexibility index (Phi) is 5.27. The molecule has 1 fully saturated rings. The lowest BCUT2D eigenvalue weighted by molar-refractivity contribution is 0.0793. The predicted molar refractivity (Wildman–Crippen MR) is 92.9 cm³/mol. The van der Waals surface area contributed by atoms with E-state index in [9.17, 15) is 4.79 Å². The van der Waals surface area contributed by atoms with Crippen LogP contribution in [0.3, 0.4) is 0 Å². The van der Waals surface area contributed by atoms with Crippen molar-refractivity contribution in [3.05, 3.63) is 47.8 Å². The van der Waals surface area contributed by atoms with E-state index in [2.05, 4.69) is 22.4 Å². The number of hydrogen-bond acceptors (Lipinski definition) is 4. The first-order chi connectivity index (χ1) is 11.6. The Morgan fingerprint density at radius 2 is 2.21 bits per heavy atom. The molecule has 1 amide bonds. The van der Waals surface area contributed by atoms with Crippen molar-refractivity contribution in [2.45, 2.75) is 25.5 Å². The zero-order chi connectivity index (χ0) is 16.9. The second-order valence-electron chi connectivity index (χ2n) is 6.39. The summed E-state index contributed by atoms with van der Waals surface area (Å²) in [4.78, 5) is 14.5. The molecule has 1 saturated heterocycles. The van der Waals surface area contributed by atoms with E-state index in [4.69, 9.17) is 4.74 Å². The molecule has 0 aliphatic carbocycles. The van der Waals surface area contributed by atoms with Crippen LogP contribution < -0.4 is 5.32 Å². The van der Waals surface area contributed by atoms with Crippen LogP contribution in [0.5, 0.6) is 0 Å². The summed E-state index contributed by atoms with van der Waals surface area (Å²) in [6.07, 6.45) is 6.08. The molecule has 1 atom stereocenters. The summed E-state index contributed by atoms with van der Waals surface area (Å²) < 4.78 is 7.32. The molecule has 24 heavy (non-hydrogen) atoms. The van der Waals surface area contributed by atoms with Crippen molar-refractivity contribution < 1.29 is 9.53 Å². The zero-order valence-corrected chi connectivity index (χ0v) is 14.2. The average molecular weight is 328 g/mol. The van der Waals surface area contributed by atoms with Crippen LogP contribution in [0.1, 0.15) is 28.8 Å². The number of anilines is 1. The van der Waals surface area contributed by atoms with Crippen LogP contribution in [0.15, 0.2) is 36.7 Å². The van der Waals surface area contributed by atoms with Crippen LogP contribution >= 0.6 is 0 Å². The third-order valence-corrected chi connectivity index (χ3v) is 4.17. The summed E-state index contributed by atoms with van der Waals surface area (Å²) in [5.74, 6) is -0.123. The highest BCUT2D eigenvalue weighted by Gasteiger charge is 2.17. The fourth-order valence-corrected chi connectivity index (χ4v) is 2.96. The van der Waals surface area contributed by atoms with Crippen molar-refractivity contribution in [2.24, 2.45) is 7.05 Å². The summed E-state index contributed by atoms with van der Waals surface area (Å²) in [5, 5.41) is 6.88. The van der Waals surface area contributed by atoms with Gasteiger partial charge < -0.3 is 10.1 Å². The van der Waals surface area contributed by atoms with E-state index in [1.54, 1.807) is 17.1 Å². The normalized spacial score (nSPS) is 17.4. The number of carbonyl (C=O) groups is 1. The maximum atomic E-state index is 12.2. The number of aromatic nitrogens is 2. The van der Waals surface area contributed by atoms with E-state index >= 15 is 0 Å². The van der Waals surface area contributed by atoms with Crippen molar-refractivity contribution in [3.8, 4) is 0 Å². The fraction of sp³-hybridized carbons (Fsp3) is 0.444. The van der Waals surface area contributed by atoms with Gasteiger partial charge in [0, 0.05) is 38.5 Å². The molecule has 1 N–H and O–H groups in total. The molecule has 0 bridgehead atoms. The lowest BCUT2D eigenvalue weighted by atomic mass is 10.1. The third kappa shape index (κ3) is 4.43. The molecular formula is C18H24N4O2. The van der Waals surface area contributed by atoms with Gasteiger partial charge in [-0.3, -0.25) is 14.4 Å². The zero-order valence-electron chi connectivity index (χ0n) is 14.2. The van der Waals surface area contributed by atoms with Gasteiger partial charge in [-0.1, -0.05) is 12.1 Å². The first-order valence-electron chi connectivity index (χ1n) is 8.29. The average Bonchev–Trinajstić information content (AvgIpc) is 3.20. The van der Waals surface area contributed by atoms with Gasteiger partial charge >= 0.3 is 0 Å². The molecule has 0 unspecified atom stereocenters. The Balaban J connectivity index is 1.53. The largest absolute Gasteiger partial charge is 0.377 e. The molecule has 0 radical (unpaired) electrons. The Morgan fingerprint density at radius 3 is 2.83 bits per heavy atom. The maximum Gasteiger partial charge on any atom is 0.255 e. The van der Waals surface area contributed by atoms with Gasteiger partial charge in [0.15, 0.2) is 0 Å². The predicted octanol–water partition coefficient (Wildman–Crippen LogP) is 2.28. The van der Waals surface area contributed by atoms with Crippen LogP contribution in [0.25, 0.3) is 0 Å². The first-order valence-corrected chi connectivity index (χ1v) is 8.29. The molecule has 2 aromatic rings. The maximum absolute atomic E-state index is 12.2. The number of likely N-dealkylation sites (N-methyl/N-ethyl adjacent to an activating group) is 1. The van der Waals surface area contributed by atoms with Crippen LogP contribution in [0.2, 0.25) is 0 Å². The smallest absolute Gasteiger partial charge is 0.255 e. The number of nitrogens with one attached hydrogen (secondary N) is 1. The molecule has 1 aromatic heterocycles. The lowest BCUT2D eigenvalue weighted by Crippen LogP contribution is -2.28. The minimum Gasteiger partial charge on any atom is -0.377 e. The van der Waals surface area contributed by atoms with E-state index in [-0.39, 0.29) is 5.91 Å². The molecule has 6 nitrogen and oxygen atoms in total. The minimum absolute atomic E-state index is 0.123. The van der Waals surface area contributed by atoms with Crippen molar-refractivity contribution in [3.63, 3.8) is 0 Å². The highest BCUT2D eigenvalue weighted by Crippen LogP contribution is 2.15. The molecule has 6 heteroatoms. The number of ether oxygens (including phenoxy) is 1. The van der Waals surface area contributed by atoms with E-state index in [1.165, 1.54) is 12.0 Å². The van der Waals surface area contributed by atoms with Crippen LogP contribution in [0, 0.1) is 0 Å². The van der Waals surface area contributed by atoms with Crippen LogP contribution in [-0.2, 0) is 18.3 Å². The van der Waals surface area contributed by atoms with Crippen molar-refractivity contribution in [1.82, 2.24) is 14.7 Å². The minimum atomic E-state index is -0.123. The van der Waals surface area contributed by atoms with Gasteiger partial charge in [-0.2, -0.15) is 5.10 Å². The number of benzene rings is 1. The summed E-state index contributed by atoms with van der Waals surface area (Å²) >= 11 is 0. The molecule has 3 rings (SSSR count). The summed E-state index contributed by atoms with van der Waals surface area (Å²) in [5.41, 5.74) is 2.53. The molecule has 1 aromatic carbocycles. The quantitative estimate of drug-likeness (QED) is 0.884. The first kappa shape index (κ1) is 16.7. The topological polar surface area (TPSA) is 59.4 Å². The highest BCUT2D eigenvalue weighted by molar-refractivity contribution is 6.04. The van der Waals surface area contributed by atoms with Crippen molar-refractivity contribution in [1.29, 1.82) is 0 Å². The second kappa shape index (κ2) is 7.59. The standard InChI is InChI=1S/C18H24N4O2/c1-21(13-17-4-3-9-24-17)11-14-5-7-15(8-6-14)18(23)20-16-10-19-22(2)12-16/h5-8,10,12,17H,3-4,9,11,13H2,1-2H3,(H,20,23)/t17-/m0/s1. The number of hydrogen-bond donors (Lipinski definition) is 1. The number of carbonyl (C=O) groups excluding carboxylic acids is 1.